The highest BCUT2D eigenvalue weighted by Crippen LogP contribution is 2.26. The minimum absolute atomic E-state index is 0.0534. The van der Waals surface area contributed by atoms with Crippen molar-refractivity contribution in [1.29, 1.82) is 0 Å². The van der Waals surface area contributed by atoms with Crippen LogP contribution in [0.25, 0.3) is 11.3 Å². The van der Waals surface area contributed by atoms with Gasteiger partial charge in [-0.3, -0.25) is 4.79 Å². The van der Waals surface area contributed by atoms with Crippen molar-refractivity contribution in [2.75, 3.05) is 0 Å². The molecule has 1 heterocycles. The standard InChI is InChI=1S/C20H14ClFN2O4/c21-17-7-3-13(10-16(17)20(26)27)18-8-6-15(28-18)11-23-24-19(25)9-12-1-4-14(22)5-2-12/h1-8,10-11H,9H2,(H,24,25)(H,26,27)/p-1/b23-11-. The Balaban J connectivity index is 1.62. The predicted octanol–water partition coefficient (Wildman–Crippen LogP) is 2.80. The summed E-state index contributed by atoms with van der Waals surface area (Å²) in [6.07, 6.45) is 1.36. The number of hydrogen-bond donors (Lipinski definition) is 1. The summed E-state index contributed by atoms with van der Waals surface area (Å²) in [4.78, 5) is 22.9. The van der Waals surface area contributed by atoms with Crippen molar-refractivity contribution in [3.05, 3.63) is 82.3 Å². The summed E-state index contributed by atoms with van der Waals surface area (Å²) in [5.41, 5.74) is 3.37. The molecule has 6 nitrogen and oxygen atoms in total. The van der Waals surface area contributed by atoms with Crippen LogP contribution in [-0.4, -0.2) is 18.1 Å². The molecule has 8 heteroatoms. The largest absolute Gasteiger partial charge is 0.545 e. The maximum absolute atomic E-state index is 12.8. The molecular weight excluding hydrogens is 387 g/mol. The van der Waals surface area contributed by atoms with Gasteiger partial charge in [-0.25, -0.2) is 9.82 Å². The normalized spacial score (nSPS) is 10.9. The number of carbonyl (C=O) groups excluding carboxylic acids is 2. The number of hydrazone groups is 1. The van der Waals surface area contributed by atoms with Crippen LogP contribution in [0, 0.1) is 5.82 Å². The lowest BCUT2D eigenvalue weighted by molar-refractivity contribution is -0.255. The van der Waals surface area contributed by atoms with E-state index in [-0.39, 0.29) is 28.7 Å². The van der Waals surface area contributed by atoms with Gasteiger partial charge in [0.15, 0.2) is 0 Å². The maximum atomic E-state index is 12.8. The van der Waals surface area contributed by atoms with Crippen LogP contribution in [0.15, 0.2) is 64.1 Å². The number of rotatable bonds is 6. The molecule has 2 aromatic carbocycles. The molecule has 0 bridgehead atoms. The number of nitrogens with one attached hydrogen (secondary N) is 1. The first-order chi connectivity index (χ1) is 13.4. The van der Waals surface area contributed by atoms with E-state index in [0.717, 1.165) is 0 Å². The third kappa shape index (κ3) is 4.83. The van der Waals surface area contributed by atoms with E-state index in [1.54, 1.807) is 18.2 Å². The number of carboxylic acid groups (broad SMARTS) is 1. The average Bonchev–Trinajstić information content (AvgIpc) is 3.12. The molecule has 0 aliphatic heterocycles. The van der Waals surface area contributed by atoms with Crippen LogP contribution < -0.4 is 10.5 Å². The molecule has 3 aromatic rings. The van der Waals surface area contributed by atoms with E-state index in [1.807, 2.05) is 0 Å². The van der Waals surface area contributed by atoms with E-state index in [2.05, 4.69) is 10.5 Å². The van der Waals surface area contributed by atoms with Crippen molar-refractivity contribution in [3.63, 3.8) is 0 Å². The van der Waals surface area contributed by atoms with Gasteiger partial charge in [-0.1, -0.05) is 23.7 Å². The Morgan fingerprint density at radius 3 is 2.61 bits per heavy atom. The van der Waals surface area contributed by atoms with E-state index in [4.69, 9.17) is 16.0 Å². The van der Waals surface area contributed by atoms with Crippen molar-refractivity contribution in [2.45, 2.75) is 6.42 Å². The van der Waals surface area contributed by atoms with Gasteiger partial charge in [-0.15, -0.1) is 0 Å². The summed E-state index contributed by atoms with van der Waals surface area (Å²) in [5.74, 6) is -1.38. The van der Waals surface area contributed by atoms with Crippen molar-refractivity contribution in [1.82, 2.24) is 5.43 Å². The number of benzene rings is 2. The first-order valence-corrected chi connectivity index (χ1v) is 8.47. The molecule has 3 rings (SSSR count). The highest BCUT2D eigenvalue weighted by Gasteiger charge is 2.08. The third-order valence-corrected chi connectivity index (χ3v) is 4.09. The Morgan fingerprint density at radius 2 is 1.89 bits per heavy atom. The van der Waals surface area contributed by atoms with E-state index >= 15 is 0 Å². The topological polar surface area (TPSA) is 94.7 Å². The van der Waals surface area contributed by atoms with Crippen LogP contribution in [0.5, 0.6) is 0 Å². The average molecular weight is 400 g/mol. The zero-order chi connectivity index (χ0) is 20.1. The fourth-order valence-corrected chi connectivity index (χ4v) is 2.60. The lowest BCUT2D eigenvalue weighted by atomic mass is 10.1. The van der Waals surface area contributed by atoms with Crippen molar-refractivity contribution < 1.29 is 23.5 Å². The highest BCUT2D eigenvalue weighted by molar-refractivity contribution is 6.33. The van der Waals surface area contributed by atoms with Crippen molar-refractivity contribution in [2.24, 2.45) is 5.10 Å². The van der Waals surface area contributed by atoms with E-state index in [9.17, 15) is 19.1 Å². The van der Waals surface area contributed by atoms with Gasteiger partial charge in [0.1, 0.15) is 17.3 Å². The molecule has 142 valence electrons. The second-order valence-corrected chi connectivity index (χ2v) is 6.19. The van der Waals surface area contributed by atoms with E-state index in [1.165, 1.54) is 42.6 Å². The van der Waals surface area contributed by atoms with Gasteiger partial charge in [0.2, 0.25) is 5.91 Å². The van der Waals surface area contributed by atoms with Crippen LogP contribution in [0.1, 0.15) is 21.7 Å². The summed E-state index contributed by atoms with van der Waals surface area (Å²) in [6.45, 7) is 0. The van der Waals surface area contributed by atoms with E-state index in [0.29, 0.717) is 22.6 Å². The maximum Gasteiger partial charge on any atom is 0.244 e. The quantitative estimate of drug-likeness (QED) is 0.509. The smallest absolute Gasteiger partial charge is 0.244 e. The molecule has 0 saturated heterocycles. The number of aromatic carboxylic acids is 1. The fraction of sp³-hybridized carbons (Fsp3) is 0.0500. The zero-order valence-corrected chi connectivity index (χ0v) is 15.1. The molecule has 0 fully saturated rings. The predicted molar refractivity (Wildman–Crippen MR) is 99.3 cm³/mol. The van der Waals surface area contributed by atoms with Crippen molar-refractivity contribution in [3.8, 4) is 11.3 Å². The Hall–Kier alpha value is -3.45. The number of halogens is 2. The van der Waals surface area contributed by atoms with Gasteiger partial charge in [-0.2, -0.15) is 5.10 Å². The molecule has 0 saturated carbocycles. The number of carboxylic acids is 1. The van der Waals surface area contributed by atoms with Gasteiger partial charge in [0.05, 0.1) is 18.6 Å². The molecule has 1 amide bonds. The van der Waals surface area contributed by atoms with Gasteiger partial charge in [0, 0.05) is 16.1 Å². The van der Waals surface area contributed by atoms with E-state index < -0.39 is 5.97 Å². The molecule has 0 aliphatic rings. The molecular formula is C20H13ClFN2O4-. The summed E-state index contributed by atoms with van der Waals surface area (Å²) >= 11 is 5.82. The third-order valence-electron chi connectivity index (χ3n) is 3.76. The van der Waals surface area contributed by atoms with Gasteiger partial charge in [-0.05, 0) is 48.0 Å². The molecule has 1 N–H and O–H groups in total. The minimum atomic E-state index is -1.39. The van der Waals surface area contributed by atoms with Gasteiger partial charge < -0.3 is 14.3 Å². The lowest BCUT2D eigenvalue weighted by Crippen LogP contribution is -2.22. The van der Waals surface area contributed by atoms with Crippen LogP contribution >= 0.6 is 11.6 Å². The van der Waals surface area contributed by atoms with Crippen LogP contribution in [-0.2, 0) is 11.2 Å². The monoisotopic (exact) mass is 399 g/mol. The number of nitrogens with zero attached hydrogens (tertiary/aromatic N) is 1. The number of carbonyl (C=O) groups is 2. The number of furan rings is 1. The summed E-state index contributed by atoms with van der Waals surface area (Å²) in [5, 5.41) is 14.9. The second-order valence-electron chi connectivity index (χ2n) is 5.78. The summed E-state index contributed by atoms with van der Waals surface area (Å²) < 4.78 is 18.4. The molecule has 0 aliphatic carbocycles. The molecule has 0 unspecified atom stereocenters. The fourth-order valence-electron chi connectivity index (χ4n) is 2.41. The molecule has 1 aromatic heterocycles. The lowest BCUT2D eigenvalue weighted by Gasteiger charge is -2.06. The SMILES string of the molecule is O=C(Cc1ccc(F)cc1)N/N=C\c1ccc(-c2ccc(Cl)c(C(=O)[O-])c2)o1. The zero-order valence-electron chi connectivity index (χ0n) is 14.3. The minimum Gasteiger partial charge on any atom is -0.545 e. The van der Waals surface area contributed by atoms with Gasteiger partial charge >= 0.3 is 0 Å². The molecule has 28 heavy (non-hydrogen) atoms. The second kappa shape index (κ2) is 8.49. The van der Waals surface area contributed by atoms with Crippen LogP contribution in [0.3, 0.4) is 0 Å². The molecule has 0 radical (unpaired) electrons. The first-order valence-electron chi connectivity index (χ1n) is 8.10. The Morgan fingerprint density at radius 1 is 1.14 bits per heavy atom. The Kier molecular flexibility index (Phi) is 5.86. The van der Waals surface area contributed by atoms with Crippen LogP contribution in [0.4, 0.5) is 4.39 Å². The Labute approximate surface area is 164 Å². The van der Waals surface area contributed by atoms with Gasteiger partial charge in [0.25, 0.3) is 0 Å². The highest BCUT2D eigenvalue weighted by atomic mass is 35.5. The summed E-state index contributed by atoms with van der Waals surface area (Å²) in [7, 11) is 0. The van der Waals surface area contributed by atoms with Crippen LogP contribution in [0.2, 0.25) is 5.02 Å². The van der Waals surface area contributed by atoms with Crippen molar-refractivity contribution >= 4 is 29.7 Å². The number of hydrogen-bond acceptors (Lipinski definition) is 5. The number of amides is 1. The first kappa shape index (κ1) is 19.3. The Bertz CT molecular complexity index is 1040. The summed E-state index contributed by atoms with van der Waals surface area (Å²) in [6, 6.07) is 13.2. The molecule has 0 atom stereocenters. The molecule has 0 spiro atoms.